The lowest BCUT2D eigenvalue weighted by molar-refractivity contribution is -0.247. The first-order valence-electron chi connectivity index (χ1n) is 2.57. The molecule has 0 heterocycles. The first kappa shape index (κ1) is 8.71. The van der Waals surface area contributed by atoms with Crippen molar-refractivity contribution < 1.29 is 13.2 Å². The van der Waals surface area contributed by atoms with E-state index in [-0.39, 0.29) is 11.6 Å². The summed E-state index contributed by atoms with van der Waals surface area (Å²) in [6, 6.07) is 0. The monoisotopic (exact) mass is 142 g/mol. The van der Waals surface area contributed by atoms with Gasteiger partial charge in [0.25, 0.3) is 0 Å². The van der Waals surface area contributed by atoms with Crippen molar-refractivity contribution in [3.8, 4) is 0 Å². The number of hydrogen-bond acceptors (Lipinski definition) is 2. The Morgan fingerprint density at radius 2 is 1.89 bits per heavy atom. The average Bonchev–Trinajstić information content (AvgIpc) is 1.64. The van der Waals surface area contributed by atoms with E-state index >= 15 is 0 Å². The summed E-state index contributed by atoms with van der Waals surface area (Å²) in [6.45, 7) is 1.48. The second kappa shape index (κ2) is 3.03. The smallest absolute Gasteiger partial charge is 0.261 e. The van der Waals surface area contributed by atoms with Crippen LogP contribution >= 0.6 is 0 Å². The van der Waals surface area contributed by atoms with E-state index in [9.17, 15) is 13.2 Å². The summed E-state index contributed by atoms with van der Waals surface area (Å²) in [5, 5.41) is -0.132. The van der Waals surface area contributed by atoms with Gasteiger partial charge in [-0.2, -0.15) is 18.2 Å². The molecule has 5 heteroatoms. The van der Waals surface area contributed by atoms with Crippen molar-refractivity contribution in [1.82, 2.24) is 5.01 Å². The van der Waals surface area contributed by atoms with Gasteiger partial charge >= 0.3 is 6.30 Å². The van der Waals surface area contributed by atoms with Crippen molar-refractivity contribution in [2.45, 2.75) is 19.6 Å². The number of nitrogens with two attached hydrogens (primary N) is 1. The maximum absolute atomic E-state index is 11.4. The van der Waals surface area contributed by atoms with E-state index in [1.807, 2.05) is 0 Å². The molecule has 0 aromatic carbocycles. The van der Waals surface area contributed by atoms with Crippen LogP contribution in [0, 0.1) is 0 Å². The summed E-state index contributed by atoms with van der Waals surface area (Å²) in [5.74, 6) is 4.57. The van der Waals surface area contributed by atoms with Gasteiger partial charge in [0.2, 0.25) is 0 Å². The molecule has 0 amide bonds. The SMILES string of the molecule is CCCN(N)C(F)(F)F. The highest BCUT2D eigenvalue weighted by Gasteiger charge is 2.33. The number of rotatable bonds is 2. The van der Waals surface area contributed by atoms with E-state index in [0.717, 1.165) is 0 Å². The molecular weight excluding hydrogens is 133 g/mol. The largest absolute Gasteiger partial charge is 0.472 e. The van der Waals surface area contributed by atoms with Crippen LogP contribution in [0.25, 0.3) is 0 Å². The van der Waals surface area contributed by atoms with Gasteiger partial charge in [0.1, 0.15) is 0 Å². The maximum atomic E-state index is 11.4. The van der Waals surface area contributed by atoms with Crippen molar-refractivity contribution in [2.24, 2.45) is 5.84 Å². The molecule has 0 atom stereocenters. The second-order valence-corrected chi connectivity index (χ2v) is 1.66. The molecule has 0 rings (SSSR count). The van der Waals surface area contributed by atoms with Gasteiger partial charge in [-0.1, -0.05) is 6.92 Å². The Balaban J connectivity index is 3.59. The Labute approximate surface area is 51.4 Å². The zero-order valence-electron chi connectivity index (χ0n) is 5.07. The molecule has 0 aromatic heterocycles. The molecule has 0 aliphatic carbocycles. The first-order valence-corrected chi connectivity index (χ1v) is 2.57. The van der Waals surface area contributed by atoms with Crippen molar-refractivity contribution in [2.75, 3.05) is 6.54 Å². The van der Waals surface area contributed by atoms with E-state index < -0.39 is 6.30 Å². The summed E-state index contributed by atoms with van der Waals surface area (Å²) in [5.41, 5.74) is 0. The van der Waals surface area contributed by atoms with Gasteiger partial charge in [-0.3, -0.25) is 5.84 Å². The van der Waals surface area contributed by atoms with E-state index in [4.69, 9.17) is 0 Å². The summed E-state index contributed by atoms with van der Waals surface area (Å²) < 4.78 is 34.3. The van der Waals surface area contributed by atoms with Gasteiger partial charge in [0.05, 0.1) is 0 Å². The minimum absolute atomic E-state index is 0.132. The molecule has 0 bridgehead atoms. The molecular formula is C4H9F3N2. The van der Waals surface area contributed by atoms with Crippen LogP contribution in [0.3, 0.4) is 0 Å². The molecule has 9 heavy (non-hydrogen) atoms. The van der Waals surface area contributed by atoms with Crippen molar-refractivity contribution in [1.29, 1.82) is 0 Å². The molecule has 0 aliphatic rings. The highest BCUT2D eigenvalue weighted by Crippen LogP contribution is 2.16. The van der Waals surface area contributed by atoms with Gasteiger partial charge in [-0.25, -0.2) is 0 Å². The fraction of sp³-hybridized carbons (Fsp3) is 1.00. The fourth-order valence-electron chi connectivity index (χ4n) is 0.368. The molecule has 56 valence electrons. The predicted octanol–water partition coefficient (Wildman–Crippen LogP) is 1.09. The number of hydrogen-bond donors (Lipinski definition) is 1. The third kappa shape index (κ3) is 3.31. The van der Waals surface area contributed by atoms with E-state index in [0.29, 0.717) is 6.42 Å². The number of nitrogens with zero attached hydrogens (tertiary/aromatic N) is 1. The van der Waals surface area contributed by atoms with Gasteiger partial charge in [-0.05, 0) is 6.42 Å². The lowest BCUT2D eigenvalue weighted by atomic mass is 10.5. The molecule has 0 aromatic rings. The van der Waals surface area contributed by atoms with Crippen molar-refractivity contribution in [3.63, 3.8) is 0 Å². The van der Waals surface area contributed by atoms with Crippen LogP contribution < -0.4 is 5.84 Å². The summed E-state index contributed by atoms with van der Waals surface area (Å²) >= 11 is 0. The van der Waals surface area contributed by atoms with E-state index in [2.05, 4.69) is 5.84 Å². The fourth-order valence-corrected chi connectivity index (χ4v) is 0.368. The predicted molar refractivity (Wildman–Crippen MR) is 27.2 cm³/mol. The molecule has 2 N–H and O–H groups in total. The van der Waals surface area contributed by atoms with Crippen LogP contribution in [0.15, 0.2) is 0 Å². The number of hydrazine groups is 1. The standard InChI is InChI=1S/C4H9F3N2/c1-2-3-9(8)4(5,6)7/h2-3,8H2,1H3. The Morgan fingerprint density at radius 3 is 2.00 bits per heavy atom. The number of alkyl halides is 3. The van der Waals surface area contributed by atoms with Gasteiger partial charge < -0.3 is 0 Å². The Bertz CT molecular complexity index is 80.4. The molecule has 0 aliphatic heterocycles. The molecule has 0 spiro atoms. The van der Waals surface area contributed by atoms with E-state index in [1.54, 1.807) is 6.92 Å². The molecule has 0 saturated carbocycles. The van der Waals surface area contributed by atoms with Crippen LogP contribution in [-0.2, 0) is 0 Å². The van der Waals surface area contributed by atoms with Crippen molar-refractivity contribution >= 4 is 0 Å². The van der Waals surface area contributed by atoms with Crippen molar-refractivity contribution in [3.05, 3.63) is 0 Å². The van der Waals surface area contributed by atoms with Gasteiger partial charge in [0.15, 0.2) is 0 Å². The minimum Gasteiger partial charge on any atom is -0.261 e. The topological polar surface area (TPSA) is 29.3 Å². The maximum Gasteiger partial charge on any atom is 0.472 e. The van der Waals surface area contributed by atoms with Crippen LogP contribution in [-0.4, -0.2) is 17.9 Å². The van der Waals surface area contributed by atoms with Gasteiger partial charge in [0, 0.05) is 6.54 Å². The highest BCUT2D eigenvalue weighted by atomic mass is 19.4. The molecule has 0 fully saturated rings. The lowest BCUT2D eigenvalue weighted by Crippen LogP contribution is -2.43. The zero-order valence-corrected chi connectivity index (χ0v) is 5.07. The Morgan fingerprint density at radius 1 is 1.44 bits per heavy atom. The van der Waals surface area contributed by atoms with Gasteiger partial charge in [-0.15, -0.1) is 0 Å². The van der Waals surface area contributed by atoms with Crippen LogP contribution in [0.1, 0.15) is 13.3 Å². The second-order valence-electron chi connectivity index (χ2n) is 1.66. The van der Waals surface area contributed by atoms with Crippen LogP contribution in [0.4, 0.5) is 13.2 Å². The van der Waals surface area contributed by atoms with E-state index in [1.165, 1.54) is 0 Å². The lowest BCUT2D eigenvalue weighted by Gasteiger charge is -2.17. The third-order valence-electron chi connectivity index (χ3n) is 0.790. The molecule has 0 unspecified atom stereocenters. The van der Waals surface area contributed by atoms with Crippen LogP contribution in [0.5, 0.6) is 0 Å². The third-order valence-corrected chi connectivity index (χ3v) is 0.790. The molecule has 2 nitrogen and oxygen atoms in total. The summed E-state index contributed by atoms with van der Waals surface area (Å²) in [4.78, 5) is 0. The quantitative estimate of drug-likeness (QED) is 0.355. The zero-order chi connectivity index (χ0) is 7.49. The Hall–Kier alpha value is -0.290. The minimum atomic E-state index is -4.38. The normalized spacial score (nSPS) is 12.7. The summed E-state index contributed by atoms with van der Waals surface area (Å²) in [6.07, 6.45) is -3.98. The molecule has 0 radical (unpaired) electrons. The molecule has 0 saturated heterocycles. The highest BCUT2D eigenvalue weighted by molar-refractivity contribution is 4.47. The average molecular weight is 142 g/mol. The Kier molecular flexibility index (Phi) is 2.93. The van der Waals surface area contributed by atoms with Crippen LogP contribution in [0.2, 0.25) is 0 Å². The number of halogens is 3. The summed E-state index contributed by atoms with van der Waals surface area (Å²) in [7, 11) is 0. The first-order chi connectivity index (χ1) is 3.98.